The van der Waals surface area contributed by atoms with E-state index in [1.165, 1.54) is 22.9 Å². The number of aromatic nitrogens is 1. The van der Waals surface area contributed by atoms with E-state index >= 15 is 0 Å². The lowest BCUT2D eigenvalue weighted by Crippen LogP contribution is -2.21. The molecule has 2 atom stereocenters. The van der Waals surface area contributed by atoms with Crippen LogP contribution < -0.4 is 16.2 Å². The highest BCUT2D eigenvalue weighted by atomic mass is 32.2. The van der Waals surface area contributed by atoms with E-state index in [1.54, 1.807) is 13.8 Å². The zero-order chi connectivity index (χ0) is 21.3. The number of hydrogen-bond donors (Lipinski definition) is 5. The Morgan fingerprint density at radius 2 is 2.07 bits per heavy atom. The predicted molar refractivity (Wildman–Crippen MR) is 113 cm³/mol. The monoisotopic (exact) mass is 438 g/mol. The van der Waals surface area contributed by atoms with Crippen LogP contribution in [0.4, 0.5) is 10.5 Å². The number of aliphatic hydroxyl groups is 2. The lowest BCUT2D eigenvalue weighted by molar-refractivity contribution is 0.0783. The second-order valence-corrected chi connectivity index (χ2v) is 10.0. The lowest BCUT2D eigenvalue weighted by atomic mass is 9.98. The smallest absolute Gasteiger partial charge is 0.316 e. The van der Waals surface area contributed by atoms with Gasteiger partial charge in [0.2, 0.25) is 0 Å². The molecular formula is C19H26N4O4S2. The highest BCUT2D eigenvalue weighted by Crippen LogP contribution is 2.42. The fourth-order valence-electron chi connectivity index (χ4n) is 3.75. The zero-order valence-electron chi connectivity index (χ0n) is 16.4. The van der Waals surface area contributed by atoms with Gasteiger partial charge in [0, 0.05) is 5.56 Å². The standard InChI is InChI=1S/C13H16N2O2.C6H10N2O2S2/c14-13(17)15-12-9-3-1-2-7(9)6-8-4-5-10(16)11(8)12;1-6(2,9)5-8-3-4(11-5)12(7)10/h6,10,16H,1-5H2,(H3,14,15,17);3,9H,7H2,1-2H3. The number of aliphatic hydroxyl groups excluding tert-OH is 1. The van der Waals surface area contributed by atoms with Gasteiger partial charge < -0.3 is 21.3 Å². The van der Waals surface area contributed by atoms with E-state index < -0.39 is 28.7 Å². The number of aryl methyl sites for hydroxylation is 2. The lowest BCUT2D eigenvalue weighted by Gasteiger charge is -2.16. The molecule has 0 radical (unpaired) electrons. The van der Waals surface area contributed by atoms with Gasteiger partial charge in [0.15, 0.2) is 0 Å². The van der Waals surface area contributed by atoms with E-state index in [0.29, 0.717) is 9.22 Å². The molecule has 1 heterocycles. The summed E-state index contributed by atoms with van der Waals surface area (Å²) in [5.74, 6) is 0. The average molecular weight is 439 g/mol. The van der Waals surface area contributed by atoms with Gasteiger partial charge in [0.05, 0.1) is 18.0 Å². The fraction of sp³-hybridized carbons (Fsp3) is 0.474. The molecule has 2 aromatic rings. The van der Waals surface area contributed by atoms with Crippen molar-refractivity contribution in [2.75, 3.05) is 5.32 Å². The Balaban J connectivity index is 0.000000177. The topological polar surface area (TPSA) is 152 Å². The summed E-state index contributed by atoms with van der Waals surface area (Å²) in [6.45, 7) is 3.24. The van der Waals surface area contributed by atoms with Gasteiger partial charge in [0.25, 0.3) is 0 Å². The molecule has 158 valence electrons. The number of carbonyl (C=O) groups excluding carboxylic acids is 1. The first kappa shape index (κ1) is 21.8. The number of nitrogens with zero attached hydrogens (tertiary/aromatic N) is 1. The van der Waals surface area contributed by atoms with Crippen LogP contribution >= 0.6 is 11.3 Å². The highest BCUT2D eigenvalue weighted by Gasteiger charge is 2.29. The van der Waals surface area contributed by atoms with Gasteiger partial charge in [0.1, 0.15) is 25.8 Å². The molecule has 8 nitrogen and oxygen atoms in total. The van der Waals surface area contributed by atoms with Gasteiger partial charge in [-0.15, -0.1) is 11.3 Å². The van der Waals surface area contributed by atoms with Crippen molar-refractivity contribution in [3.8, 4) is 0 Å². The molecule has 0 saturated carbocycles. The van der Waals surface area contributed by atoms with E-state index in [9.17, 15) is 19.2 Å². The number of hydrogen-bond acceptors (Lipinski definition) is 6. The number of thiazole rings is 1. The minimum Gasteiger partial charge on any atom is -0.388 e. The normalized spacial score (nSPS) is 18.4. The summed E-state index contributed by atoms with van der Waals surface area (Å²) >= 11 is 1.16. The third kappa shape index (κ3) is 4.84. The van der Waals surface area contributed by atoms with Crippen LogP contribution in [0, 0.1) is 0 Å². The first-order valence-electron chi connectivity index (χ1n) is 9.34. The average Bonchev–Trinajstić information content (AvgIpc) is 3.33. The number of carbonyl (C=O) groups is 1. The molecule has 10 heteroatoms. The van der Waals surface area contributed by atoms with Crippen LogP contribution in [0.5, 0.6) is 0 Å². The number of amides is 2. The van der Waals surface area contributed by atoms with Crippen LogP contribution in [0.25, 0.3) is 0 Å². The molecular weight excluding hydrogens is 412 g/mol. The van der Waals surface area contributed by atoms with Crippen molar-refractivity contribution < 1.29 is 19.2 Å². The molecule has 1 aromatic heterocycles. The van der Waals surface area contributed by atoms with Crippen LogP contribution in [0.1, 0.15) is 60.1 Å². The number of nitrogens with two attached hydrogens (primary N) is 2. The molecule has 2 amide bonds. The molecule has 7 N–H and O–H groups in total. The largest absolute Gasteiger partial charge is 0.388 e. The van der Waals surface area contributed by atoms with Gasteiger partial charge >= 0.3 is 6.03 Å². The summed E-state index contributed by atoms with van der Waals surface area (Å²) in [5, 5.41) is 27.9. The molecule has 1 aromatic carbocycles. The molecule has 2 unspecified atom stereocenters. The molecule has 0 bridgehead atoms. The van der Waals surface area contributed by atoms with Gasteiger partial charge in [-0.05, 0) is 62.6 Å². The fourth-order valence-corrected chi connectivity index (χ4v) is 5.12. The summed E-state index contributed by atoms with van der Waals surface area (Å²) in [5.41, 5.74) is 9.57. The predicted octanol–water partition coefficient (Wildman–Crippen LogP) is 2.00. The molecule has 2 aliphatic carbocycles. The number of fused-ring (bicyclic) bond motifs is 2. The van der Waals surface area contributed by atoms with Crippen LogP contribution in [-0.4, -0.2) is 25.4 Å². The van der Waals surface area contributed by atoms with E-state index in [-0.39, 0.29) is 0 Å². The molecule has 0 spiro atoms. The number of primary amides is 1. The third-order valence-electron chi connectivity index (χ3n) is 5.00. The Hall–Kier alpha value is -1.85. The SMILES string of the molecule is CC(C)(O)c1ncc(S(N)=O)s1.NC(=O)Nc1c2c(cc3c1C(O)CC3)CCC2. The number of urea groups is 1. The third-order valence-corrected chi connectivity index (χ3v) is 7.35. The number of nitrogens with one attached hydrogen (secondary N) is 1. The number of rotatable bonds is 3. The van der Waals surface area contributed by atoms with E-state index in [1.807, 2.05) is 0 Å². The summed E-state index contributed by atoms with van der Waals surface area (Å²) in [4.78, 5) is 15.0. The zero-order valence-corrected chi connectivity index (χ0v) is 18.0. The van der Waals surface area contributed by atoms with Crippen molar-refractivity contribution in [1.29, 1.82) is 0 Å². The summed E-state index contributed by atoms with van der Waals surface area (Å²) < 4.78 is 11.2. The summed E-state index contributed by atoms with van der Waals surface area (Å²) in [7, 11) is -1.50. The Bertz CT molecular complexity index is 952. The minimum atomic E-state index is -1.50. The Labute approximate surface area is 175 Å². The second-order valence-electron chi connectivity index (χ2n) is 7.70. The van der Waals surface area contributed by atoms with E-state index in [2.05, 4.69) is 16.4 Å². The van der Waals surface area contributed by atoms with Crippen LogP contribution in [0.15, 0.2) is 16.5 Å². The number of anilines is 1. The van der Waals surface area contributed by atoms with Crippen molar-refractivity contribution in [2.45, 2.75) is 61.9 Å². The van der Waals surface area contributed by atoms with Crippen molar-refractivity contribution in [1.82, 2.24) is 4.98 Å². The maximum absolute atomic E-state index is 11.1. The highest BCUT2D eigenvalue weighted by molar-refractivity contribution is 7.85. The van der Waals surface area contributed by atoms with Crippen LogP contribution in [-0.2, 0) is 35.8 Å². The maximum atomic E-state index is 11.1. The van der Waals surface area contributed by atoms with E-state index in [4.69, 9.17) is 10.9 Å². The minimum absolute atomic E-state index is 0.460. The van der Waals surface area contributed by atoms with Crippen LogP contribution in [0.2, 0.25) is 0 Å². The molecule has 4 rings (SSSR count). The van der Waals surface area contributed by atoms with Gasteiger partial charge in [-0.2, -0.15) is 0 Å². The Kier molecular flexibility index (Phi) is 6.39. The van der Waals surface area contributed by atoms with Gasteiger partial charge in [-0.25, -0.2) is 19.1 Å². The first-order valence-corrected chi connectivity index (χ1v) is 11.4. The van der Waals surface area contributed by atoms with Crippen molar-refractivity contribution in [2.24, 2.45) is 10.9 Å². The van der Waals surface area contributed by atoms with E-state index in [0.717, 1.165) is 54.7 Å². The van der Waals surface area contributed by atoms with Gasteiger partial charge in [-0.3, -0.25) is 0 Å². The van der Waals surface area contributed by atoms with Crippen molar-refractivity contribution >= 4 is 34.0 Å². The molecule has 0 aliphatic heterocycles. The number of benzene rings is 1. The van der Waals surface area contributed by atoms with Crippen molar-refractivity contribution in [3.63, 3.8) is 0 Å². The quantitative estimate of drug-likeness (QED) is 0.496. The Morgan fingerprint density at radius 1 is 1.34 bits per heavy atom. The summed E-state index contributed by atoms with van der Waals surface area (Å²) in [6.07, 6.45) is 5.73. The molecule has 0 fully saturated rings. The second kappa shape index (κ2) is 8.49. The van der Waals surface area contributed by atoms with Crippen LogP contribution in [0.3, 0.4) is 0 Å². The Morgan fingerprint density at radius 3 is 2.62 bits per heavy atom. The first-order chi connectivity index (χ1) is 13.6. The molecule has 0 saturated heterocycles. The summed E-state index contributed by atoms with van der Waals surface area (Å²) in [6, 6.07) is 1.65. The maximum Gasteiger partial charge on any atom is 0.316 e. The van der Waals surface area contributed by atoms with Gasteiger partial charge in [-0.1, -0.05) is 6.07 Å². The molecule has 2 aliphatic rings. The van der Waals surface area contributed by atoms with Crippen molar-refractivity contribution in [3.05, 3.63) is 39.5 Å². The molecule has 29 heavy (non-hydrogen) atoms.